The number of carbonyl (C=O) groups excluding carboxylic acids is 2. The summed E-state index contributed by atoms with van der Waals surface area (Å²) in [6.07, 6.45) is 6.57. The molecule has 1 aliphatic carbocycles. The fourth-order valence-corrected chi connectivity index (χ4v) is 7.29. The SMILES string of the molecule is COC(=O)C[C@](O)(C/C=C/C(C)(C)OCc1ccccc1)C(=O)OC1C(OC)=C[C@]23CCCN2CCc2cc4c(cc2[C@H]13)OCO4. The number of esters is 2. The topological polar surface area (TPSA) is 113 Å². The third kappa shape index (κ3) is 6.13. The minimum absolute atomic E-state index is 0.155. The second-order valence-corrected chi connectivity index (χ2v) is 13.1. The van der Waals surface area contributed by atoms with Crippen LogP contribution in [0.1, 0.15) is 62.1 Å². The minimum Gasteiger partial charge on any atom is -0.497 e. The lowest BCUT2D eigenvalue weighted by molar-refractivity contribution is -0.177. The number of hydrogen-bond acceptors (Lipinski definition) is 10. The maximum Gasteiger partial charge on any atom is 0.339 e. The molecule has 1 N–H and O–H groups in total. The van der Waals surface area contributed by atoms with Crippen LogP contribution >= 0.6 is 0 Å². The lowest BCUT2D eigenvalue weighted by Crippen LogP contribution is -2.49. The molecule has 1 saturated heterocycles. The molecule has 0 saturated carbocycles. The van der Waals surface area contributed by atoms with Crippen LogP contribution in [0.5, 0.6) is 11.5 Å². The number of methoxy groups -OCH3 is 2. The number of benzene rings is 2. The highest BCUT2D eigenvalue weighted by Crippen LogP contribution is 2.55. The first-order valence-corrected chi connectivity index (χ1v) is 15.9. The smallest absolute Gasteiger partial charge is 0.339 e. The average molecular weight is 634 g/mol. The number of aliphatic hydroxyl groups is 1. The van der Waals surface area contributed by atoms with Crippen molar-refractivity contribution >= 4 is 11.9 Å². The molecule has 246 valence electrons. The van der Waals surface area contributed by atoms with Gasteiger partial charge in [0.2, 0.25) is 6.79 Å². The summed E-state index contributed by atoms with van der Waals surface area (Å²) in [5, 5.41) is 11.8. The zero-order valence-corrected chi connectivity index (χ0v) is 27.0. The maximum absolute atomic E-state index is 14.1. The Balaban J connectivity index is 1.27. The van der Waals surface area contributed by atoms with Crippen LogP contribution in [0.2, 0.25) is 0 Å². The van der Waals surface area contributed by atoms with Crippen molar-refractivity contribution in [2.75, 3.05) is 34.1 Å². The van der Waals surface area contributed by atoms with Gasteiger partial charge in [0, 0.05) is 13.0 Å². The fourth-order valence-electron chi connectivity index (χ4n) is 7.29. The molecule has 46 heavy (non-hydrogen) atoms. The van der Waals surface area contributed by atoms with Crippen LogP contribution in [0.3, 0.4) is 0 Å². The van der Waals surface area contributed by atoms with Crippen LogP contribution in [0.15, 0.2) is 66.5 Å². The molecule has 1 fully saturated rings. The molecule has 6 rings (SSSR count). The van der Waals surface area contributed by atoms with Crippen LogP contribution in [-0.2, 0) is 41.6 Å². The van der Waals surface area contributed by atoms with Gasteiger partial charge in [0.1, 0.15) is 5.76 Å². The van der Waals surface area contributed by atoms with Gasteiger partial charge in [-0.05, 0) is 74.6 Å². The van der Waals surface area contributed by atoms with Gasteiger partial charge in [-0.1, -0.05) is 42.5 Å². The van der Waals surface area contributed by atoms with E-state index in [0.29, 0.717) is 23.9 Å². The van der Waals surface area contributed by atoms with Gasteiger partial charge in [-0.2, -0.15) is 0 Å². The summed E-state index contributed by atoms with van der Waals surface area (Å²) in [4.78, 5) is 29.0. The number of nitrogens with zero attached hydrogens (tertiary/aromatic N) is 1. The average Bonchev–Trinajstić information content (AvgIpc) is 3.74. The molecule has 0 amide bonds. The summed E-state index contributed by atoms with van der Waals surface area (Å²) in [6.45, 7) is 6.06. The molecule has 3 aliphatic heterocycles. The molecule has 4 aliphatic rings. The first-order valence-electron chi connectivity index (χ1n) is 15.9. The molecule has 2 aromatic carbocycles. The van der Waals surface area contributed by atoms with E-state index < -0.39 is 41.2 Å². The Kier molecular flexibility index (Phi) is 8.89. The van der Waals surface area contributed by atoms with Gasteiger partial charge in [0.05, 0.1) is 44.3 Å². The second-order valence-electron chi connectivity index (χ2n) is 13.1. The largest absolute Gasteiger partial charge is 0.497 e. The minimum atomic E-state index is -2.19. The van der Waals surface area contributed by atoms with E-state index >= 15 is 0 Å². The molecule has 4 atom stereocenters. The molecule has 10 nitrogen and oxygen atoms in total. The molecule has 2 aromatic rings. The summed E-state index contributed by atoms with van der Waals surface area (Å²) in [5.74, 6) is -0.0951. The van der Waals surface area contributed by atoms with Crippen LogP contribution in [-0.4, -0.2) is 78.9 Å². The van der Waals surface area contributed by atoms with E-state index in [1.807, 2.05) is 56.3 Å². The summed E-state index contributed by atoms with van der Waals surface area (Å²) in [7, 11) is 2.79. The highest BCUT2D eigenvalue weighted by Gasteiger charge is 2.59. The normalized spacial score (nSPS) is 24.8. The lowest BCUT2D eigenvalue weighted by atomic mass is 9.77. The molecule has 0 bridgehead atoms. The van der Waals surface area contributed by atoms with E-state index in [1.54, 1.807) is 19.3 Å². The molecule has 1 unspecified atom stereocenters. The Bertz CT molecular complexity index is 1520. The summed E-state index contributed by atoms with van der Waals surface area (Å²) >= 11 is 0. The highest BCUT2D eigenvalue weighted by atomic mass is 16.7. The Labute approximate surface area is 269 Å². The Morgan fingerprint density at radius 1 is 1.11 bits per heavy atom. The van der Waals surface area contributed by atoms with Crippen molar-refractivity contribution in [1.82, 2.24) is 4.90 Å². The van der Waals surface area contributed by atoms with Gasteiger partial charge in [0.25, 0.3) is 0 Å². The Hall–Kier alpha value is -3.86. The molecule has 0 aromatic heterocycles. The fraction of sp³-hybridized carbons (Fsp3) is 0.500. The van der Waals surface area contributed by atoms with E-state index in [9.17, 15) is 14.7 Å². The predicted octanol–water partition coefficient (Wildman–Crippen LogP) is 4.58. The first kappa shape index (κ1) is 32.1. The zero-order chi connectivity index (χ0) is 32.5. The predicted molar refractivity (Wildman–Crippen MR) is 168 cm³/mol. The van der Waals surface area contributed by atoms with Gasteiger partial charge >= 0.3 is 11.9 Å². The van der Waals surface area contributed by atoms with Gasteiger partial charge < -0.3 is 33.5 Å². The summed E-state index contributed by atoms with van der Waals surface area (Å²) in [6, 6.07) is 13.8. The van der Waals surface area contributed by atoms with Crippen LogP contribution < -0.4 is 9.47 Å². The van der Waals surface area contributed by atoms with Gasteiger partial charge in [0.15, 0.2) is 23.2 Å². The van der Waals surface area contributed by atoms with E-state index in [0.717, 1.165) is 49.0 Å². The van der Waals surface area contributed by atoms with E-state index in [-0.39, 0.29) is 19.1 Å². The van der Waals surface area contributed by atoms with Gasteiger partial charge in [-0.3, -0.25) is 9.69 Å². The zero-order valence-electron chi connectivity index (χ0n) is 27.0. The third-order valence-electron chi connectivity index (χ3n) is 9.67. The second kappa shape index (κ2) is 12.7. The number of carbonyl (C=O) groups is 2. The van der Waals surface area contributed by atoms with Crippen molar-refractivity contribution in [3.8, 4) is 11.5 Å². The van der Waals surface area contributed by atoms with Crippen molar-refractivity contribution in [2.45, 2.75) is 81.3 Å². The van der Waals surface area contributed by atoms with Crippen LogP contribution in [0.4, 0.5) is 0 Å². The number of hydrogen-bond donors (Lipinski definition) is 1. The van der Waals surface area contributed by atoms with Crippen molar-refractivity contribution in [2.24, 2.45) is 0 Å². The van der Waals surface area contributed by atoms with Crippen molar-refractivity contribution in [3.05, 3.63) is 83.1 Å². The molecule has 3 heterocycles. The maximum atomic E-state index is 14.1. The monoisotopic (exact) mass is 633 g/mol. The molecular weight excluding hydrogens is 590 g/mol. The Morgan fingerprint density at radius 3 is 2.61 bits per heavy atom. The van der Waals surface area contributed by atoms with Crippen molar-refractivity contribution < 1.29 is 43.1 Å². The lowest BCUT2D eigenvalue weighted by Gasteiger charge is -2.39. The van der Waals surface area contributed by atoms with Crippen LogP contribution in [0, 0.1) is 0 Å². The van der Waals surface area contributed by atoms with Gasteiger partial charge in [-0.15, -0.1) is 0 Å². The molecular formula is C36H43NO9. The summed E-state index contributed by atoms with van der Waals surface area (Å²) in [5.41, 5.74) is -0.209. The quantitative estimate of drug-likeness (QED) is 0.279. The standard InChI is InChI=1S/C36H43NO9/c1-34(2,45-22-24-10-6-5-7-11-24)13-8-15-36(40,21-30(38)42-4)33(39)46-32-29(41-3)20-35-14-9-16-37(35)17-12-25-18-27-28(44-23-43-27)19-26(25)31(32)35/h5-8,10-11,13,18-20,31-32,40H,9,12,14-17,21-23H2,1-4H3/b13-8+/t31-,32?,35+,36-/m1/s1. The molecule has 10 heteroatoms. The number of fused-ring (bicyclic) bond motifs is 3. The van der Waals surface area contributed by atoms with Crippen LogP contribution in [0.25, 0.3) is 0 Å². The number of rotatable bonds is 11. The third-order valence-corrected chi connectivity index (χ3v) is 9.67. The highest BCUT2D eigenvalue weighted by molar-refractivity contribution is 5.86. The Morgan fingerprint density at radius 2 is 1.87 bits per heavy atom. The van der Waals surface area contributed by atoms with E-state index in [2.05, 4.69) is 11.0 Å². The molecule has 1 spiro atoms. The summed E-state index contributed by atoms with van der Waals surface area (Å²) < 4.78 is 34.5. The van der Waals surface area contributed by atoms with E-state index in [4.69, 9.17) is 28.4 Å². The van der Waals surface area contributed by atoms with E-state index in [1.165, 1.54) is 7.11 Å². The molecule has 0 radical (unpaired) electrons. The van der Waals surface area contributed by atoms with Crippen molar-refractivity contribution in [3.63, 3.8) is 0 Å². The first-order chi connectivity index (χ1) is 22.1. The van der Waals surface area contributed by atoms with Crippen molar-refractivity contribution in [1.29, 1.82) is 0 Å². The number of ether oxygens (including phenoxy) is 6. The van der Waals surface area contributed by atoms with Gasteiger partial charge in [-0.25, -0.2) is 4.79 Å².